The summed E-state index contributed by atoms with van der Waals surface area (Å²) in [6.07, 6.45) is -10.6. The lowest BCUT2D eigenvalue weighted by Crippen LogP contribution is -2.37. The van der Waals surface area contributed by atoms with Gasteiger partial charge in [0.2, 0.25) is 0 Å². The van der Waals surface area contributed by atoms with Gasteiger partial charge in [-0.05, 0) is 47.8 Å². The Bertz CT molecular complexity index is 1510. The largest absolute Gasteiger partial charge is 0.573 e. The Morgan fingerprint density at radius 1 is 0.738 bits per heavy atom. The lowest BCUT2D eigenvalue weighted by Gasteiger charge is -2.25. The molecule has 19 heteroatoms. The van der Waals surface area contributed by atoms with Crippen LogP contribution < -0.4 is 30.0 Å². The number of alkyl halides is 6. The van der Waals surface area contributed by atoms with Gasteiger partial charge in [0.15, 0.2) is 23.1 Å². The van der Waals surface area contributed by atoms with Crippen molar-refractivity contribution in [2.45, 2.75) is 18.0 Å². The van der Waals surface area contributed by atoms with Gasteiger partial charge in [-0.15, -0.1) is 26.3 Å². The number of anilines is 1. The molecular weight excluding hydrogens is 585 g/mol. The van der Waals surface area contributed by atoms with Gasteiger partial charge < -0.3 is 30.0 Å². The highest BCUT2D eigenvalue weighted by molar-refractivity contribution is 6.58. The number of hydrogen-bond acceptors (Lipinski definition) is 6. The first-order valence-corrected chi connectivity index (χ1v) is 10.8. The number of nitrogens with one attached hydrogen (secondary N) is 1. The molecule has 3 N–H and O–H groups in total. The highest BCUT2D eigenvalue weighted by atomic mass is 19.4. The summed E-state index contributed by atoms with van der Waals surface area (Å²) in [6.45, 7) is 0. The fourth-order valence-corrected chi connectivity index (χ4v) is 3.18. The van der Waals surface area contributed by atoms with Crippen LogP contribution in [0.4, 0.5) is 40.8 Å². The van der Waals surface area contributed by atoms with Crippen molar-refractivity contribution in [3.05, 3.63) is 71.3 Å². The van der Waals surface area contributed by atoms with Crippen LogP contribution in [0.25, 0.3) is 0 Å². The van der Waals surface area contributed by atoms with Crippen molar-refractivity contribution in [3.8, 4) is 28.7 Å². The predicted molar refractivity (Wildman–Crippen MR) is 130 cm³/mol. The second kappa shape index (κ2) is 11.7. The molecule has 0 atom stereocenters. The second-order valence-corrected chi connectivity index (χ2v) is 8.03. The van der Waals surface area contributed by atoms with Crippen molar-refractivity contribution in [2.24, 2.45) is 5.73 Å². The van der Waals surface area contributed by atoms with Gasteiger partial charge >= 0.3 is 12.7 Å². The number of nitrogens with two attached hydrogens (primary N) is 1. The standard InChI is InChI=1S/C23H11B3F8N2O6/c24-21(25,26)41-16-8-10(40-22(29,30)31)2-4-13(16)39-14-5-6-15(42-23(32,33)34)18(28)17(14)20(38)36-9-1-3-12(27)11(7-9)19(35)37/h1-8H,(H2,35,37)(H,36,38). The number of hydrogen-bond donors (Lipinski definition) is 2. The van der Waals surface area contributed by atoms with E-state index >= 15 is 4.39 Å². The molecule has 214 valence electrons. The molecule has 0 aliphatic heterocycles. The zero-order valence-electron chi connectivity index (χ0n) is 20.4. The van der Waals surface area contributed by atoms with Crippen molar-refractivity contribution < 1.29 is 63.7 Å². The molecule has 0 heterocycles. The highest BCUT2D eigenvalue weighted by Crippen LogP contribution is 2.41. The minimum atomic E-state index is -5.41. The van der Waals surface area contributed by atoms with Crippen LogP contribution >= 0.6 is 0 Å². The lowest BCUT2D eigenvalue weighted by molar-refractivity contribution is -0.276. The first-order valence-electron chi connectivity index (χ1n) is 10.8. The molecule has 0 spiro atoms. The topological polar surface area (TPSA) is 109 Å². The number of carbonyl (C=O) groups is 2. The Balaban J connectivity index is 2.11. The summed E-state index contributed by atoms with van der Waals surface area (Å²) in [4.78, 5) is 24.4. The molecule has 0 aliphatic carbocycles. The van der Waals surface area contributed by atoms with E-state index in [1.807, 2.05) is 5.32 Å². The zero-order chi connectivity index (χ0) is 31.6. The summed E-state index contributed by atoms with van der Waals surface area (Å²) >= 11 is 0. The van der Waals surface area contributed by atoms with Crippen LogP contribution in [0.3, 0.4) is 0 Å². The van der Waals surface area contributed by atoms with Gasteiger partial charge in [-0.2, -0.15) is 0 Å². The van der Waals surface area contributed by atoms with E-state index in [-0.39, 0.29) is 5.69 Å². The summed E-state index contributed by atoms with van der Waals surface area (Å²) in [5.41, 5.74) is 2.71. The molecule has 0 unspecified atom stereocenters. The molecule has 6 radical (unpaired) electrons. The van der Waals surface area contributed by atoms with E-state index in [2.05, 4.69) is 9.47 Å². The molecule has 0 aliphatic rings. The van der Waals surface area contributed by atoms with E-state index < -0.39 is 81.3 Å². The van der Waals surface area contributed by atoms with E-state index in [0.717, 1.165) is 18.2 Å². The first-order chi connectivity index (χ1) is 19.2. The molecule has 0 saturated carbocycles. The molecule has 0 fully saturated rings. The van der Waals surface area contributed by atoms with Gasteiger partial charge in [0.25, 0.3) is 11.8 Å². The Labute approximate surface area is 234 Å². The van der Waals surface area contributed by atoms with Crippen LogP contribution in [-0.4, -0.2) is 53.4 Å². The molecular formula is C23H11B3F8N2O6. The number of carbonyl (C=O) groups excluding carboxylic acids is 2. The Hall–Kier alpha value is -4.57. The third-order valence-corrected chi connectivity index (χ3v) is 4.67. The predicted octanol–water partition coefficient (Wildman–Crippen LogP) is 4.40. The zero-order valence-corrected chi connectivity index (χ0v) is 20.4. The maximum Gasteiger partial charge on any atom is 0.573 e. The van der Waals surface area contributed by atoms with E-state index in [1.54, 1.807) is 0 Å². The average Bonchev–Trinajstić information content (AvgIpc) is 2.80. The molecule has 0 bridgehead atoms. The molecule has 3 rings (SSSR count). The van der Waals surface area contributed by atoms with E-state index in [9.17, 15) is 40.3 Å². The maximum absolute atomic E-state index is 15.3. The van der Waals surface area contributed by atoms with Crippen LogP contribution in [0.15, 0.2) is 48.5 Å². The molecule has 3 aromatic rings. The third-order valence-electron chi connectivity index (χ3n) is 4.67. The summed E-state index contributed by atoms with van der Waals surface area (Å²) in [7, 11) is 16.0. The molecule has 42 heavy (non-hydrogen) atoms. The summed E-state index contributed by atoms with van der Waals surface area (Å²) < 4.78 is 123. The Kier molecular flexibility index (Phi) is 8.93. The van der Waals surface area contributed by atoms with Crippen LogP contribution in [-0.2, 0) is 0 Å². The van der Waals surface area contributed by atoms with Crippen molar-refractivity contribution in [1.82, 2.24) is 0 Å². The fourth-order valence-electron chi connectivity index (χ4n) is 3.18. The lowest BCUT2D eigenvalue weighted by atomic mass is 9.52. The van der Waals surface area contributed by atoms with Crippen molar-refractivity contribution in [2.75, 3.05) is 5.32 Å². The monoisotopic (exact) mass is 596 g/mol. The van der Waals surface area contributed by atoms with Crippen molar-refractivity contribution >= 4 is 41.0 Å². The van der Waals surface area contributed by atoms with Crippen molar-refractivity contribution in [1.29, 1.82) is 0 Å². The van der Waals surface area contributed by atoms with E-state index in [1.165, 1.54) is 0 Å². The van der Waals surface area contributed by atoms with E-state index in [0.29, 0.717) is 30.3 Å². The third kappa shape index (κ3) is 8.72. The van der Waals surface area contributed by atoms with Gasteiger partial charge in [0, 0.05) is 11.8 Å². The fraction of sp³-hybridized carbons (Fsp3) is 0.130. The Morgan fingerprint density at radius 2 is 1.33 bits per heavy atom. The first kappa shape index (κ1) is 32.0. The number of rotatable bonds is 9. The molecule has 0 aromatic heterocycles. The van der Waals surface area contributed by atoms with E-state index in [4.69, 9.17) is 38.7 Å². The van der Waals surface area contributed by atoms with Gasteiger partial charge in [0.05, 0.1) is 5.56 Å². The summed E-state index contributed by atoms with van der Waals surface area (Å²) in [6, 6.07) is 5.39. The average molecular weight is 596 g/mol. The quantitative estimate of drug-likeness (QED) is 0.280. The van der Waals surface area contributed by atoms with Gasteiger partial charge in [0.1, 0.15) is 46.4 Å². The molecule has 0 saturated heterocycles. The minimum absolute atomic E-state index is 0.362. The maximum atomic E-state index is 15.3. The van der Waals surface area contributed by atoms with Crippen LogP contribution in [0.1, 0.15) is 20.7 Å². The molecule has 3 aromatic carbocycles. The smallest absolute Gasteiger partial charge is 0.512 e. The highest BCUT2D eigenvalue weighted by Gasteiger charge is 2.35. The van der Waals surface area contributed by atoms with Gasteiger partial charge in [-0.3, -0.25) is 9.59 Å². The van der Waals surface area contributed by atoms with Crippen molar-refractivity contribution in [3.63, 3.8) is 0 Å². The van der Waals surface area contributed by atoms with Crippen LogP contribution in [0, 0.1) is 11.6 Å². The van der Waals surface area contributed by atoms with Gasteiger partial charge in [-0.25, -0.2) is 8.78 Å². The number of primary amides is 1. The molecule has 2 amide bonds. The SMILES string of the molecule is [B]C([B])([B])Oc1cc(OC(F)(F)F)ccc1Oc1ccc(OC(F)(F)F)c(F)c1C(=O)Nc1ccc(F)c(C(N)=O)c1. The Morgan fingerprint density at radius 3 is 1.90 bits per heavy atom. The summed E-state index contributed by atoms with van der Waals surface area (Å²) in [5.74, 6) is -10.4. The summed E-state index contributed by atoms with van der Waals surface area (Å²) in [5, 5.41) is -0.517. The normalized spacial score (nSPS) is 11.9. The minimum Gasteiger partial charge on any atom is -0.512 e. The second-order valence-electron chi connectivity index (χ2n) is 8.03. The number of benzene rings is 3. The van der Waals surface area contributed by atoms with Crippen LogP contribution in [0.5, 0.6) is 28.7 Å². The number of amides is 2. The van der Waals surface area contributed by atoms with Gasteiger partial charge in [-0.1, -0.05) is 0 Å². The number of ether oxygens (including phenoxy) is 4. The molecule has 8 nitrogen and oxygen atoms in total. The number of halogens is 8. The van der Waals surface area contributed by atoms with Crippen LogP contribution in [0.2, 0.25) is 0 Å².